The van der Waals surface area contributed by atoms with Crippen LogP contribution in [0.3, 0.4) is 0 Å². The first kappa shape index (κ1) is 12.3. The lowest BCUT2D eigenvalue weighted by Crippen LogP contribution is -2.03. The molecule has 0 saturated carbocycles. The fourth-order valence-electron chi connectivity index (χ4n) is 1.45. The Balaban J connectivity index is 2.12. The van der Waals surface area contributed by atoms with E-state index in [4.69, 9.17) is 16.9 Å². The minimum absolute atomic E-state index is 0.283. The molecular formula is C13H9ClFN3. The van der Waals surface area contributed by atoms with E-state index in [0.717, 1.165) is 0 Å². The lowest BCUT2D eigenvalue weighted by Gasteiger charge is -2.08. The Morgan fingerprint density at radius 3 is 2.83 bits per heavy atom. The highest BCUT2D eigenvalue weighted by atomic mass is 35.5. The summed E-state index contributed by atoms with van der Waals surface area (Å²) in [4.78, 5) is 4.01. The zero-order valence-corrected chi connectivity index (χ0v) is 10.1. The third-order valence-corrected chi connectivity index (χ3v) is 2.66. The predicted octanol–water partition coefficient (Wildman–Crippen LogP) is 3.36. The molecule has 1 aromatic carbocycles. The maximum absolute atomic E-state index is 13.4. The molecule has 0 fully saturated rings. The van der Waals surface area contributed by atoms with Crippen molar-refractivity contribution in [1.82, 2.24) is 4.98 Å². The first-order chi connectivity index (χ1) is 8.70. The number of nitrogens with zero attached hydrogens (tertiary/aromatic N) is 2. The van der Waals surface area contributed by atoms with Gasteiger partial charge in [-0.3, -0.25) is 0 Å². The molecule has 1 aromatic heterocycles. The fraction of sp³-hybridized carbons (Fsp3) is 0.0769. The second kappa shape index (κ2) is 5.48. The third kappa shape index (κ3) is 2.76. The SMILES string of the molecule is N#Cc1cnc(NCc2ccccc2F)c(Cl)c1. The molecule has 0 aliphatic carbocycles. The molecule has 0 aliphatic heterocycles. The zero-order chi connectivity index (χ0) is 13.0. The molecule has 90 valence electrons. The van der Waals surface area contributed by atoms with E-state index < -0.39 is 0 Å². The van der Waals surface area contributed by atoms with Crippen molar-refractivity contribution in [3.8, 4) is 6.07 Å². The molecule has 0 amide bonds. The summed E-state index contributed by atoms with van der Waals surface area (Å²) in [5.74, 6) is 0.147. The Labute approximate surface area is 109 Å². The minimum atomic E-state index is -0.283. The molecule has 18 heavy (non-hydrogen) atoms. The summed E-state index contributed by atoms with van der Waals surface area (Å²) in [5.41, 5.74) is 0.913. The number of nitrogens with one attached hydrogen (secondary N) is 1. The molecule has 2 rings (SSSR count). The van der Waals surface area contributed by atoms with Gasteiger partial charge in [-0.2, -0.15) is 5.26 Å². The molecule has 0 aliphatic rings. The van der Waals surface area contributed by atoms with Gasteiger partial charge in [0.25, 0.3) is 0 Å². The van der Waals surface area contributed by atoms with Crippen molar-refractivity contribution in [3.63, 3.8) is 0 Å². The summed E-state index contributed by atoms with van der Waals surface area (Å²) >= 11 is 5.94. The highest BCUT2D eigenvalue weighted by Crippen LogP contribution is 2.20. The molecule has 5 heteroatoms. The van der Waals surface area contributed by atoms with Gasteiger partial charge in [0.1, 0.15) is 17.7 Å². The summed E-state index contributed by atoms with van der Waals surface area (Å²) in [6.07, 6.45) is 1.41. The van der Waals surface area contributed by atoms with Crippen LogP contribution in [0, 0.1) is 17.1 Å². The summed E-state index contributed by atoms with van der Waals surface area (Å²) < 4.78 is 13.4. The van der Waals surface area contributed by atoms with Crippen LogP contribution in [0.15, 0.2) is 36.5 Å². The van der Waals surface area contributed by atoms with Gasteiger partial charge < -0.3 is 5.32 Å². The number of benzene rings is 1. The number of halogens is 2. The van der Waals surface area contributed by atoms with Crippen molar-refractivity contribution in [2.24, 2.45) is 0 Å². The molecule has 0 unspecified atom stereocenters. The molecular weight excluding hydrogens is 253 g/mol. The molecule has 3 nitrogen and oxygen atoms in total. The van der Waals surface area contributed by atoms with Crippen molar-refractivity contribution >= 4 is 17.4 Å². The second-order valence-corrected chi connectivity index (χ2v) is 4.02. The summed E-state index contributed by atoms with van der Waals surface area (Å²) in [6, 6.07) is 9.92. The topological polar surface area (TPSA) is 48.7 Å². The van der Waals surface area contributed by atoms with Crippen LogP contribution in [-0.4, -0.2) is 4.98 Å². The molecule has 0 bridgehead atoms. The second-order valence-electron chi connectivity index (χ2n) is 3.61. The van der Waals surface area contributed by atoms with E-state index in [-0.39, 0.29) is 12.4 Å². The number of pyridine rings is 1. The van der Waals surface area contributed by atoms with E-state index in [0.29, 0.717) is 22.0 Å². The van der Waals surface area contributed by atoms with Crippen LogP contribution in [-0.2, 0) is 6.54 Å². The largest absolute Gasteiger partial charge is 0.365 e. The van der Waals surface area contributed by atoms with Gasteiger partial charge in [0, 0.05) is 18.3 Å². The lowest BCUT2D eigenvalue weighted by atomic mass is 10.2. The molecule has 2 aromatic rings. The van der Waals surface area contributed by atoms with Gasteiger partial charge in [-0.25, -0.2) is 9.37 Å². The zero-order valence-electron chi connectivity index (χ0n) is 9.32. The Bertz CT molecular complexity index is 607. The van der Waals surface area contributed by atoms with Crippen molar-refractivity contribution in [1.29, 1.82) is 5.26 Å². The van der Waals surface area contributed by atoms with E-state index in [1.165, 1.54) is 18.3 Å². The maximum atomic E-state index is 13.4. The summed E-state index contributed by atoms with van der Waals surface area (Å²) in [6.45, 7) is 0.283. The first-order valence-electron chi connectivity index (χ1n) is 5.23. The Morgan fingerprint density at radius 1 is 1.39 bits per heavy atom. The monoisotopic (exact) mass is 261 g/mol. The molecule has 0 spiro atoms. The molecule has 1 heterocycles. The highest BCUT2D eigenvalue weighted by Gasteiger charge is 2.05. The number of hydrogen-bond acceptors (Lipinski definition) is 3. The smallest absolute Gasteiger partial charge is 0.145 e. The molecule has 0 radical (unpaired) electrons. The van der Waals surface area contributed by atoms with Gasteiger partial charge in [0.2, 0.25) is 0 Å². The van der Waals surface area contributed by atoms with E-state index in [1.807, 2.05) is 6.07 Å². The lowest BCUT2D eigenvalue weighted by molar-refractivity contribution is 0.613. The Hall–Kier alpha value is -2.12. The van der Waals surface area contributed by atoms with E-state index in [2.05, 4.69) is 10.3 Å². The average molecular weight is 262 g/mol. The van der Waals surface area contributed by atoms with Gasteiger partial charge in [0.05, 0.1) is 10.6 Å². The van der Waals surface area contributed by atoms with Crippen LogP contribution in [0.25, 0.3) is 0 Å². The first-order valence-corrected chi connectivity index (χ1v) is 5.61. The van der Waals surface area contributed by atoms with Crippen molar-refractivity contribution in [3.05, 3.63) is 58.5 Å². The van der Waals surface area contributed by atoms with Crippen LogP contribution >= 0.6 is 11.6 Å². The molecule has 1 N–H and O–H groups in total. The van der Waals surface area contributed by atoms with E-state index in [9.17, 15) is 4.39 Å². The molecule has 0 atom stereocenters. The van der Waals surface area contributed by atoms with E-state index in [1.54, 1.807) is 18.2 Å². The number of nitriles is 1. The fourth-order valence-corrected chi connectivity index (χ4v) is 1.68. The number of anilines is 1. The summed E-state index contributed by atoms with van der Waals surface area (Å²) in [5, 5.41) is 11.9. The van der Waals surface area contributed by atoms with Crippen molar-refractivity contribution < 1.29 is 4.39 Å². The minimum Gasteiger partial charge on any atom is -0.365 e. The molecule has 0 saturated heterocycles. The quantitative estimate of drug-likeness (QED) is 0.922. The van der Waals surface area contributed by atoms with Crippen LogP contribution in [0.4, 0.5) is 10.2 Å². The van der Waals surface area contributed by atoms with Gasteiger partial charge in [-0.15, -0.1) is 0 Å². The van der Waals surface area contributed by atoms with Crippen LogP contribution in [0.2, 0.25) is 5.02 Å². The van der Waals surface area contributed by atoms with Gasteiger partial charge in [0.15, 0.2) is 0 Å². The average Bonchev–Trinajstić information content (AvgIpc) is 2.39. The number of aromatic nitrogens is 1. The summed E-state index contributed by atoms with van der Waals surface area (Å²) in [7, 11) is 0. The predicted molar refractivity (Wildman–Crippen MR) is 67.7 cm³/mol. The normalized spacial score (nSPS) is 9.83. The van der Waals surface area contributed by atoms with Gasteiger partial charge in [-0.05, 0) is 12.1 Å². The Morgan fingerprint density at radius 2 is 2.17 bits per heavy atom. The van der Waals surface area contributed by atoms with Crippen LogP contribution in [0.1, 0.15) is 11.1 Å². The number of hydrogen-bond donors (Lipinski definition) is 1. The van der Waals surface area contributed by atoms with Crippen LogP contribution < -0.4 is 5.32 Å². The standard InChI is InChI=1S/C13H9ClFN3/c14-11-5-9(6-16)7-17-13(11)18-8-10-3-1-2-4-12(10)15/h1-5,7H,8H2,(H,17,18). The van der Waals surface area contributed by atoms with Gasteiger partial charge in [-0.1, -0.05) is 29.8 Å². The van der Waals surface area contributed by atoms with E-state index >= 15 is 0 Å². The van der Waals surface area contributed by atoms with Crippen molar-refractivity contribution in [2.45, 2.75) is 6.54 Å². The third-order valence-electron chi connectivity index (χ3n) is 2.37. The Kier molecular flexibility index (Phi) is 3.75. The number of rotatable bonds is 3. The van der Waals surface area contributed by atoms with Gasteiger partial charge >= 0.3 is 0 Å². The maximum Gasteiger partial charge on any atom is 0.145 e. The van der Waals surface area contributed by atoms with Crippen LogP contribution in [0.5, 0.6) is 0 Å². The highest BCUT2D eigenvalue weighted by molar-refractivity contribution is 6.33. The van der Waals surface area contributed by atoms with Crippen molar-refractivity contribution in [2.75, 3.05) is 5.32 Å².